The number of amides is 2. The first-order valence-corrected chi connectivity index (χ1v) is 10.1. The summed E-state index contributed by atoms with van der Waals surface area (Å²) in [6.07, 6.45) is -3.45. The number of fused-ring (bicyclic) bond motifs is 1. The fourth-order valence-electron chi connectivity index (χ4n) is 3.87. The number of rotatable bonds is 5. The Labute approximate surface area is 179 Å². The van der Waals surface area contributed by atoms with Gasteiger partial charge in [0.1, 0.15) is 17.2 Å². The van der Waals surface area contributed by atoms with E-state index in [9.17, 15) is 27.2 Å². The first-order chi connectivity index (χ1) is 15.1. The van der Waals surface area contributed by atoms with E-state index in [1.807, 2.05) is 24.3 Å². The molecule has 0 aliphatic heterocycles. The number of benzene rings is 2. The highest BCUT2D eigenvalue weighted by Crippen LogP contribution is 2.48. The summed E-state index contributed by atoms with van der Waals surface area (Å²) in [4.78, 5) is 33.1. The highest BCUT2D eigenvalue weighted by Gasteiger charge is 2.55. The summed E-state index contributed by atoms with van der Waals surface area (Å²) in [5.41, 5.74) is -1.02. The number of halogens is 4. The molecule has 3 aromatic rings. The van der Waals surface area contributed by atoms with Crippen molar-refractivity contribution in [1.82, 2.24) is 15.3 Å². The van der Waals surface area contributed by atoms with Crippen molar-refractivity contribution in [3.05, 3.63) is 59.7 Å². The third-order valence-electron chi connectivity index (χ3n) is 5.92. The van der Waals surface area contributed by atoms with Crippen LogP contribution >= 0.6 is 0 Å². The van der Waals surface area contributed by atoms with E-state index in [2.05, 4.69) is 20.6 Å². The van der Waals surface area contributed by atoms with Crippen LogP contribution in [0, 0.1) is 11.7 Å². The van der Waals surface area contributed by atoms with E-state index in [1.165, 1.54) is 0 Å². The van der Waals surface area contributed by atoms with Gasteiger partial charge in [0.05, 0.1) is 16.6 Å². The zero-order valence-corrected chi connectivity index (χ0v) is 16.6. The van der Waals surface area contributed by atoms with Gasteiger partial charge in [0, 0.05) is 17.5 Å². The van der Waals surface area contributed by atoms with Crippen molar-refractivity contribution < 1.29 is 27.2 Å². The highest BCUT2D eigenvalue weighted by atomic mass is 19.4. The quantitative estimate of drug-likeness (QED) is 0.516. The molecule has 2 amide bonds. The van der Waals surface area contributed by atoms with Crippen LogP contribution in [0.2, 0.25) is 0 Å². The number of hydrogen-bond donors (Lipinski definition) is 3. The van der Waals surface area contributed by atoms with Gasteiger partial charge in [-0.25, -0.2) is 9.37 Å². The van der Waals surface area contributed by atoms with Crippen LogP contribution in [0.5, 0.6) is 0 Å². The van der Waals surface area contributed by atoms with Gasteiger partial charge in [0.2, 0.25) is 11.8 Å². The first kappa shape index (κ1) is 20.5. The smallest absolute Gasteiger partial charge is 0.342 e. The molecule has 0 saturated heterocycles. The third kappa shape index (κ3) is 3.80. The lowest BCUT2D eigenvalue weighted by Crippen LogP contribution is -2.46. The summed E-state index contributed by atoms with van der Waals surface area (Å²) in [7, 11) is 0. The number of carbonyl (C=O) groups is 2. The van der Waals surface area contributed by atoms with Gasteiger partial charge in [-0.15, -0.1) is 0 Å². The minimum Gasteiger partial charge on any atom is -0.342 e. The van der Waals surface area contributed by atoms with Gasteiger partial charge in [-0.3, -0.25) is 9.59 Å². The predicted octanol–water partition coefficient (Wildman–Crippen LogP) is 4.11. The Kier molecular flexibility index (Phi) is 4.51. The topological polar surface area (TPSA) is 86.9 Å². The molecular formula is C22H18F4N4O2. The maximum absolute atomic E-state index is 13.6. The monoisotopic (exact) mass is 446 g/mol. The second-order valence-electron chi connectivity index (χ2n) is 8.34. The fraction of sp³-hybridized carbons (Fsp3) is 0.318. The Bertz CT molecular complexity index is 1200. The molecule has 32 heavy (non-hydrogen) atoms. The number of nitrogens with zero attached hydrogens (tertiary/aromatic N) is 1. The minimum atomic E-state index is -4.75. The molecule has 2 atom stereocenters. The van der Waals surface area contributed by atoms with Gasteiger partial charge in [-0.1, -0.05) is 12.1 Å². The van der Waals surface area contributed by atoms with Crippen LogP contribution in [0.15, 0.2) is 42.5 Å². The predicted molar refractivity (Wildman–Crippen MR) is 107 cm³/mol. The molecule has 0 radical (unpaired) electrons. The van der Waals surface area contributed by atoms with Crippen molar-refractivity contribution in [3.8, 4) is 0 Å². The van der Waals surface area contributed by atoms with Crippen molar-refractivity contribution >= 4 is 28.5 Å². The number of imidazole rings is 1. The highest BCUT2D eigenvalue weighted by molar-refractivity contribution is 6.03. The lowest BCUT2D eigenvalue weighted by atomic mass is 10.1. The Hall–Kier alpha value is -3.43. The average molecular weight is 446 g/mol. The van der Waals surface area contributed by atoms with E-state index >= 15 is 0 Å². The van der Waals surface area contributed by atoms with E-state index < -0.39 is 29.0 Å². The van der Waals surface area contributed by atoms with Crippen molar-refractivity contribution in [2.24, 2.45) is 5.92 Å². The summed E-state index contributed by atoms with van der Waals surface area (Å²) in [6, 6.07) is 9.34. The fourth-order valence-corrected chi connectivity index (χ4v) is 3.87. The normalized spacial score (nSPS) is 21.2. The number of aromatic amines is 1. The van der Waals surface area contributed by atoms with Gasteiger partial charge in [-0.05, 0) is 49.6 Å². The molecule has 166 valence electrons. The summed E-state index contributed by atoms with van der Waals surface area (Å²) in [5.74, 6) is -1.80. The number of anilines is 1. The second kappa shape index (κ2) is 7.04. The molecule has 0 spiro atoms. The molecule has 5 rings (SSSR count). The maximum atomic E-state index is 13.6. The first-order valence-electron chi connectivity index (χ1n) is 10.1. The average Bonchev–Trinajstić information content (AvgIpc) is 3.63. The van der Waals surface area contributed by atoms with Crippen LogP contribution in [-0.4, -0.2) is 27.3 Å². The van der Waals surface area contributed by atoms with Crippen molar-refractivity contribution in [2.75, 3.05) is 5.32 Å². The van der Waals surface area contributed by atoms with Gasteiger partial charge in [0.15, 0.2) is 0 Å². The van der Waals surface area contributed by atoms with E-state index in [0.29, 0.717) is 37.2 Å². The molecule has 2 fully saturated rings. The lowest BCUT2D eigenvalue weighted by Gasteiger charge is -2.18. The van der Waals surface area contributed by atoms with Crippen LogP contribution in [0.3, 0.4) is 0 Å². The number of hydrogen-bond acceptors (Lipinski definition) is 3. The zero-order chi connectivity index (χ0) is 22.7. The molecule has 2 aliphatic carbocycles. The van der Waals surface area contributed by atoms with Crippen LogP contribution in [0.1, 0.15) is 36.6 Å². The molecular weight excluding hydrogens is 428 g/mol. The van der Waals surface area contributed by atoms with Crippen molar-refractivity contribution in [1.29, 1.82) is 0 Å². The van der Waals surface area contributed by atoms with Crippen LogP contribution in [-0.2, 0) is 15.8 Å². The van der Waals surface area contributed by atoms with E-state index in [1.54, 1.807) is 0 Å². The van der Waals surface area contributed by atoms with Crippen molar-refractivity contribution in [3.63, 3.8) is 0 Å². The molecule has 2 saturated carbocycles. The van der Waals surface area contributed by atoms with Crippen LogP contribution < -0.4 is 10.6 Å². The molecule has 6 nitrogen and oxygen atoms in total. The number of H-pyrrole nitrogens is 1. The zero-order valence-electron chi connectivity index (χ0n) is 16.6. The largest absolute Gasteiger partial charge is 0.416 e. The summed E-state index contributed by atoms with van der Waals surface area (Å²) in [6.45, 7) is 0. The van der Waals surface area contributed by atoms with E-state index in [0.717, 1.165) is 17.1 Å². The number of aromatic nitrogens is 2. The molecule has 10 heteroatoms. The number of nitrogens with one attached hydrogen (secondary N) is 3. The molecule has 0 unspecified atom stereocenters. The van der Waals surface area contributed by atoms with Crippen molar-refractivity contribution in [2.45, 2.75) is 36.9 Å². The summed E-state index contributed by atoms with van der Waals surface area (Å²) in [5, 5.41) is 5.04. The molecule has 3 N–H and O–H groups in total. The Morgan fingerprint density at radius 1 is 1.12 bits per heavy atom. The number of para-hydroxylation sites is 2. The molecule has 0 bridgehead atoms. The standard InChI is InChI=1S/C22H18F4N4O2/c23-12-7-11(22(24,25)26)8-13(9-12)27-20(32)21(5-6-21)30-19(31)15-10-14(15)18-28-16-3-1-2-4-17(16)29-18/h1-4,7-9,14-15H,5-6,10H2,(H,27,32)(H,28,29)(H,30,31)/t14-,15-/m0/s1. The molecule has 2 aromatic carbocycles. The van der Waals surface area contributed by atoms with Gasteiger partial charge < -0.3 is 15.6 Å². The van der Waals surface area contributed by atoms with Gasteiger partial charge >= 0.3 is 6.18 Å². The molecule has 1 aromatic heterocycles. The van der Waals surface area contributed by atoms with Gasteiger partial charge in [0.25, 0.3) is 0 Å². The Morgan fingerprint density at radius 3 is 2.56 bits per heavy atom. The number of alkyl halides is 3. The Morgan fingerprint density at radius 2 is 1.88 bits per heavy atom. The maximum Gasteiger partial charge on any atom is 0.416 e. The van der Waals surface area contributed by atoms with Gasteiger partial charge in [-0.2, -0.15) is 13.2 Å². The SMILES string of the molecule is O=C(NC1(C(=O)Nc2cc(F)cc(C(F)(F)F)c2)CC1)[C@H]1C[C@@H]1c1nc2ccccc2[nH]1. The van der Waals surface area contributed by atoms with Crippen LogP contribution in [0.4, 0.5) is 23.2 Å². The summed E-state index contributed by atoms with van der Waals surface area (Å²) < 4.78 is 52.3. The van der Waals surface area contributed by atoms with E-state index in [-0.39, 0.29) is 23.4 Å². The number of carbonyl (C=O) groups excluding carboxylic acids is 2. The molecule has 1 heterocycles. The second-order valence-corrected chi connectivity index (χ2v) is 8.34. The Balaban J connectivity index is 1.24. The molecule has 2 aliphatic rings. The lowest BCUT2D eigenvalue weighted by molar-refractivity contribution is -0.137. The summed E-state index contributed by atoms with van der Waals surface area (Å²) >= 11 is 0. The third-order valence-corrected chi connectivity index (χ3v) is 5.92. The van der Waals surface area contributed by atoms with E-state index in [4.69, 9.17) is 0 Å². The van der Waals surface area contributed by atoms with Crippen LogP contribution in [0.25, 0.3) is 11.0 Å². The minimum absolute atomic E-state index is 0.0844.